The molecular formula is C15H23FN2O. The third kappa shape index (κ3) is 3.83. The molecule has 3 nitrogen and oxygen atoms in total. The first-order valence-corrected chi connectivity index (χ1v) is 7.00. The topological polar surface area (TPSA) is 38.5 Å². The van der Waals surface area contributed by atoms with Gasteiger partial charge in [0.05, 0.1) is 13.3 Å². The van der Waals surface area contributed by atoms with E-state index in [1.165, 1.54) is 11.3 Å². The summed E-state index contributed by atoms with van der Waals surface area (Å²) in [6, 6.07) is 6.33. The highest BCUT2D eigenvalue weighted by atomic mass is 19.1. The Morgan fingerprint density at radius 2 is 2.32 bits per heavy atom. The number of nitrogens with zero attached hydrogens (tertiary/aromatic N) is 1. The van der Waals surface area contributed by atoms with E-state index in [1.54, 1.807) is 0 Å². The maximum absolute atomic E-state index is 12.0. The van der Waals surface area contributed by atoms with Crippen molar-refractivity contribution in [3.8, 4) is 5.75 Å². The van der Waals surface area contributed by atoms with E-state index in [4.69, 9.17) is 10.5 Å². The maximum atomic E-state index is 12.0. The van der Waals surface area contributed by atoms with Crippen molar-refractivity contribution in [3.05, 3.63) is 23.8 Å². The van der Waals surface area contributed by atoms with Gasteiger partial charge >= 0.3 is 0 Å². The zero-order valence-corrected chi connectivity index (χ0v) is 11.6. The molecule has 1 fully saturated rings. The van der Waals surface area contributed by atoms with E-state index in [0.29, 0.717) is 13.0 Å². The van der Waals surface area contributed by atoms with Crippen LogP contribution in [-0.2, 0) is 0 Å². The summed E-state index contributed by atoms with van der Waals surface area (Å²) in [5.41, 5.74) is 8.44. The number of piperidine rings is 1. The lowest BCUT2D eigenvalue weighted by atomic mass is 10.0. The number of hydrogen-bond donors (Lipinski definition) is 1. The lowest BCUT2D eigenvalue weighted by Gasteiger charge is -2.33. The molecule has 1 aliphatic rings. The van der Waals surface area contributed by atoms with Crippen LogP contribution in [0.2, 0.25) is 0 Å². The number of rotatable bonds is 5. The summed E-state index contributed by atoms with van der Waals surface area (Å²) in [7, 11) is 0. The Balaban J connectivity index is 2.02. The van der Waals surface area contributed by atoms with E-state index < -0.39 is 0 Å². The minimum Gasteiger partial charge on any atom is -0.493 e. The normalized spacial score (nSPS) is 19.5. The van der Waals surface area contributed by atoms with Crippen molar-refractivity contribution in [1.82, 2.24) is 0 Å². The molecule has 1 atom stereocenters. The Bertz CT molecular complexity index is 411. The van der Waals surface area contributed by atoms with Gasteiger partial charge in [0, 0.05) is 31.2 Å². The molecule has 106 valence electrons. The van der Waals surface area contributed by atoms with Crippen LogP contribution in [0, 0.1) is 6.92 Å². The summed E-state index contributed by atoms with van der Waals surface area (Å²) in [5, 5.41) is 0. The maximum Gasteiger partial charge on any atom is 0.119 e. The second-order valence-corrected chi connectivity index (χ2v) is 5.19. The van der Waals surface area contributed by atoms with E-state index in [9.17, 15) is 4.39 Å². The summed E-state index contributed by atoms with van der Waals surface area (Å²) in [6.45, 7) is 4.17. The third-order valence-electron chi connectivity index (χ3n) is 3.51. The van der Waals surface area contributed by atoms with Gasteiger partial charge in [0.25, 0.3) is 0 Å². The van der Waals surface area contributed by atoms with Crippen molar-refractivity contribution in [2.24, 2.45) is 5.73 Å². The molecule has 19 heavy (non-hydrogen) atoms. The van der Waals surface area contributed by atoms with Crippen LogP contribution in [0.4, 0.5) is 10.1 Å². The van der Waals surface area contributed by atoms with Crippen LogP contribution in [0.1, 0.15) is 24.8 Å². The van der Waals surface area contributed by atoms with Crippen molar-refractivity contribution in [2.75, 3.05) is 31.3 Å². The molecule has 1 aliphatic heterocycles. The van der Waals surface area contributed by atoms with Crippen LogP contribution in [0.3, 0.4) is 0 Å². The predicted octanol–water partition coefficient (Wildman–Crippen LogP) is 2.66. The number of hydrogen-bond acceptors (Lipinski definition) is 3. The van der Waals surface area contributed by atoms with Gasteiger partial charge in [-0.05, 0) is 43.5 Å². The Morgan fingerprint density at radius 3 is 3.00 bits per heavy atom. The lowest BCUT2D eigenvalue weighted by molar-refractivity contribution is 0.289. The van der Waals surface area contributed by atoms with Crippen molar-refractivity contribution in [1.29, 1.82) is 0 Å². The van der Waals surface area contributed by atoms with E-state index in [-0.39, 0.29) is 12.7 Å². The summed E-state index contributed by atoms with van der Waals surface area (Å²) < 4.78 is 17.5. The van der Waals surface area contributed by atoms with Gasteiger partial charge in [0.2, 0.25) is 0 Å². The van der Waals surface area contributed by atoms with E-state index in [1.807, 2.05) is 12.1 Å². The molecule has 1 aromatic carbocycles. The van der Waals surface area contributed by atoms with Crippen LogP contribution < -0.4 is 15.4 Å². The highest BCUT2D eigenvalue weighted by Crippen LogP contribution is 2.27. The van der Waals surface area contributed by atoms with Crippen molar-refractivity contribution >= 4 is 5.69 Å². The van der Waals surface area contributed by atoms with Gasteiger partial charge in [0.1, 0.15) is 5.75 Å². The van der Waals surface area contributed by atoms with E-state index in [2.05, 4.69) is 17.9 Å². The smallest absolute Gasteiger partial charge is 0.119 e. The molecule has 2 N–H and O–H groups in total. The highest BCUT2D eigenvalue weighted by Gasteiger charge is 2.18. The van der Waals surface area contributed by atoms with Crippen LogP contribution in [0.15, 0.2) is 18.2 Å². The number of anilines is 1. The van der Waals surface area contributed by atoms with Gasteiger partial charge in [0.15, 0.2) is 0 Å². The molecule has 1 unspecified atom stereocenters. The fourth-order valence-electron chi connectivity index (χ4n) is 2.55. The van der Waals surface area contributed by atoms with Crippen molar-refractivity contribution < 1.29 is 9.13 Å². The highest BCUT2D eigenvalue weighted by molar-refractivity contribution is 5.56. The first-order chi connectivity index (χ1) is 9.20. The molecule has 1 heterocycles. The SMILES string of the molecule is Cc1cc(OCCCF)ccc1N1CCCC(N)C1. The van der Waals surface area contributed by atoms with Gasteiger partial charge in [-0.3, -0.25) is 4.39 Å². The number of ether oxygens (including phenoxy) is 1. The molecule has 0 saturated carbocycles. The second kappa shape index (κ2) is 6.75. The second-order valence-electron chi connectivity index (χ2n) is 5.19. The van der Waals surface area contributed by atoms with Gasteiger partial charge < -0.3 is 15.4 Å². The Kier molecular flexibility index (Phi) is 5.02. The predicted molar refractivity (Wildman–Crippen MR) is 76.7 cm³/mol. The summed E-state index contributed by atoms with van der Waals surface area (Å²) in [5.74, 6) is 0.816. The summed E-state index contributed by atoms with van der Waals surface area (Å²) >= 11 is 0. The number of nitrogens with two attached hydrogens (primary N) is 1. The van der Waals surface area contributed by atoms with Crippen molar-refractivity contribution in [3.63, 3.8) is 0 Å². The van der Waals surface area contributed by atoms with Gasteiger partial charge in [-0.25, -0.2) is 0 Å². The Hall–Kier alpha value is -1.29. The minimum absolute atomic E-state index is 0.272. The van der Waals surface area contributed by atoms with Crippen LogP contribution in [-0.4, -0.2) is 32.4 Å². The molecule has 0 radical (unpaired) electrons. The zero-order valence-electron chi connectivity index (χ0n) is 11.6. The fourth-order valence-corrected chi connectivity index (χ4v) is 2.55. The Labute approximate surface area is 114 Å². The number of alkyl halides is 1. The standard InChI is InChI=1S/C15H23FN2O/c1-12-10-14(19-9-3-7-16)5-6-15(12)18-8-2-4-13(17)11-18/h5-6,10,13H,2-4,7-9,11,17H2,1H3. The summed E-state index contributed by atoms with van der Waals surface area (Å²) in [4.78, 5) is 2.34. The minimum atomic E-state index is -0.331. The average molecular weight is 266 g/mol. The first-order valence-electron chi connectivity index (χ1n) is 7.00. The van der Waals surface area contributed by atoms with Gasteiger partial charge in [-0.1, -0.05) is 0 Å². The van der Waals surface area contributed by atoms with Crippen LogP contribution in [0.25, 0.3) is 0 Å². The lowest BCUT2D eigenvalue weighted by Crippen LogP contribution is -2.43. The third-order valence-corrected chi connectivity index (χ3v) is 3.51. The monoisotopic (exact) mass is 266 g/mol. The first kappa shape index (κ1) is 14.1. The molecule has 1 aromatic rings. The quantitative estimate of drug-likeness (QED) is 0.833. The zero-order chi connectivity index (χ0) is 13.7. The number of benzene rings is 1. The summed E-state index contributed by atoms with van der Waals surface area (Å²) in [6.07, 6.45) is 2.71. The molecule has 0 spiro atoms. The van der Waals surface area contributed by atoms with E-state index in [0.717, 1.165) is 31.7 Å². The molecule has 0 bridgehead atoms. The van der Waals surface area contributed by atoms with E-state index >= 15 is 0 Å². The molecule has 1 saturated heterocycles. The molecule has 0 aromatic heterocycles. The number of aryl methyl sites for hydroxylation is 1. The van der Waals surface area contributed by atoms with Gasteiger partial charge in [-0.2, -0.15) is 0 Å². The molecular weight excluding hydrogens is 243 g/mol. The van der Waals surface area contributed by atoms with Crippen LogP contribution >= 0.6 is 0 Å². The van der Waals surface area contributed by atoms with Crippen LogP contribution in [0.5, 0.6) is 5.75 Å². The molecule has 0 amide bonds. The fraction of sp³-hybridized carbons (Fsp3) is 0.600. The van der Waals surface area contributed by atoms with Gasteiger partial charge in [-0.15, -0.1) is 0 Å². The Morgan fingerprint density at radius 1 is 1.47 bits per heavy atom. The average Bonchev–Trinajstić information content (AvgIpc) is 2.39. The molecule has 0 aliphatic carbocycles. The molecule has 2 rings (SSSR count). The number of halogens is 1. The largest absolute Gasteiger partial charge is 0.493 e. The molecule has 4 heteroatoms. The van der Waals surface area contributed by atoms with Crippen molar-refractivity contribution in [2.45, 2.75) is 32.2 Å².